The maximum atomic E-state index is 6.01. The molecule has 7 heteroatoms. The molecule has 3 heterocycles. The molecule has 0 bridgehead atoms. The van der Waals surface area contributed by atoms with Crippen molar-refractivity contribution in [3.8, 4) is 5.88 Å². The molecule has 0 aliphatic rings. The van der Waals surface area contributed by atoms with Gasteiger partial charge in [0.25, 0.3) is 0 Å². The van der Waals surface area contributed by atoms with Crippen LogP contribution >= 0.6 is 22.9 Å². The third kappa shape index (κ3) is 2.14. The number of thiophene rings is 1. The zero-order chi connectivity index (χ0) is 14.1. The van der Waals surface area contributed by atoms with Crippen LogP contribution in [0.1, 0.15) is 16.3 Å². The van der Waals surface area contributed by atoms with E-state index in [2.05, 4.69) is 33.3 Å². The van der Waals surface area contributed by atoms with Crippen LogP contribution in [0.2, 0.25) is 0 Å². The third-order valence-electron chi connectivity index (χ3n) is 3.16. The molecule has 0 unspecified atom stereocenters. The van der Waals surface area contributed by atoms with Crippen LogP contribution in [0.3, 0.4) is 0 Å². The maximum Gasteiger partial charge on any atom is 0.245 e. The number of aryl methyl sites for hydroxylation is 1. The predicted molar refractivity (Wildman–Crippen MR) is 79.6 cm³/mol. The summed E-state index contributed by atoms with van der Waals surface area (Å²) in [5.74, 6) is 1.57. The number of nitrogens with zero attached hydrogens (tertiary/aromatic N) is 4. The maximum absolute atomic E-state index is 6.01. The summed E-state index contributed by atoms with van der Waals surface area (Å²) in [6, 6.07) is 2.11. The van der Waals surface area contributed by atoms with Gasteiger partial charge >= 0.3 is 0 Å². The van der Waals surface area contributed by atoms with Crippen LogP contribution in [0.5, 0.6) is 5.88 Å². The molecule has 3 rings (SSSR count). The Morgan fingerprint density at radius 2 is 2.25 bits per heavy atom. The molecule has 0 atom stereocenters. The zero-order valence-electron chi connectivity index (χ0n) is 11.1. The van der Waals surface area contributed by atoms with E-state index in [9.17, 15) is 0 Å². The highest BCUT2D eigenvalue weighted by Crippen LogP contribution is 2.25. The summed E-state index contributed by atoms with van der Waals surface area (Å²) in [5.41, 5.74) is 2.67. The van der Waals surface area contributed by atoms with Gasteiger partial charge in [0, 0.05) is 4.88 Å². The second-order valence-electron chi connectivity index (χ2n) is 4.33. The molecule has 0 N–H and O–H groups in total. The molecular formula is C13H13ClN4OS. The molecule has 0 amide bonds. The van der Waals surface area contributed by atoms with Crippen molar-refractivity contribution in [1.29, 1.82) is 0 Å². The second kappa shape index (κ2) is 5.38. The van der Waals surface area contributed by atoms with E-state index in [1.165, 1.54) is 16.8 Å². The average Bonchev–Trinajstić information content (AvgIpc) is 3.03. The third-order valence-corrected chi connectivity index (χ3v) is 4.41. The fraction of sp³-hybridized carbons (Fsp3) is 0.308. The van der Waals surface area contributed by atoms with Crippen LogP contribution in [0, 0.1) is 6.92 Å². The lowest BCUT2D eigenvalue weighted by Crippen LogP contribution is -2.04. The zero-order valence-corrected chi connectivity index (χ0v) is 12.7. The second-order valence-corrected chi connectivity index (χ2v) is 5.60. The molecule has 0 saturated carbocycles. The number of rotatable bonds is 4. The standard InChI is InChI=1S/C13H13ClN4OS/c1-8-3-4-20-9(8)6-18-10(5-14)17-11-12(18)15-7-16-13(11)19-2/h3-4,7H,5-6H2,1-2H3. The van der Waals surface area contributed by atoms with Crippen LogP contribution in [0.4, 0.5) is 0 Å². The Morgan fingerprint density at radius 3 is 2.90 bits per heavy atom. The summed E-state index contributed by atoms with van der Waals surface area (Å²) in [6.45, 7) is 2.81. The smallest absolute Gasteiger partial charge is 0.245 e. The molecule has 0 fully saturated rings. The van der Waals surface area contributed by atoms with Gasteiger partial charge in [-0.25, -0.2) is 9.97 Å². The fourth-order valence-corrected chi connectivity index (χ4v) is 3.19. The van der Waals surface area contributed by atoms with Crippen molar-refractivity contribution < 1.29 is 4.74 Å². The Labute approximate surface area is 125 Å². The summed E-state index contributed by atoms with van der Waals surface area (Å²) < 4.78 is 7.25. The van der Waals surface area contributed by atoms with E-state index in [-0.39, 0.29) is 0 Å². The van der Waals surface area contributed by atoms with Gasteiger partial charge in [-0.3, -0.25) is 0 Å². The minimum Gasteiger partial charge on any atom is -0.479 e. The first-order chi connectivity index (χ1) is 9.74. The first-order valence-electron chi connectivity index (χ1n) is 6.07. The number of methoxy groups -OCH3 is 1. The normalized spacial score (nSPS) is 11.2. The number of ether oxygens (including phenoxy) is 1. The molecule has 0 aromatic carbocycles. The fourth-order valence-electron chi connectivity index (χ4n) is 2.09. The Balaban J connectivity index is 2.16. The molecule has 0 saturated heterocycles. The molecule has 0 aliphatic heterocycles. The summed E-state index contributed by atoms with van der Waals surface area (Å²) in [7, 11) is 1.57. The van der Waals surface area contributed by atoms with Gasteiger partial charge in [0.1, 0.15) is 12.2 Å². The van der Waals surface area contributed by atoms with Crippen molar-refractivity contribution in [2.75, 3.05) is 7.11 Å². The van der Waals surface area contributed by atoms with Gasteiger partial charge in [-0.2, -0.15) is 4.98 Å². The quantitative estimate of drug-likeness (QED) is 0.695. The number of imidazole rings is 1. The van der Waals surface area contributed by atoms with Gasteiger partial charge in [-0.15, -0.1) is 22.9 Å². The number of hydrogen-bond donors (Lipinski definition) is 0. The first-order valence-corrected chi connectivity index (χ1v) is 7.49. The monoisotopic (exact) mass is 308 g/mol. The number of halogens is 1. The van der Waals surface area contributed by atoms with E-state index in [0.717, 1.165) is 11.5 Å². The highest BCUT2D eigenvalue weighted by Gasteiger charge is 2.16. The van der Waals surface area contributed by atoms with Crippen LogP contribution in [-0.2, 0) is 12.4 Å². The molecule has 104 valence electrons. The van der Waals surface area contributed by atoms with Crippen molar-refractivity contribution in [3.63, 3.8) is 0 Å². The summed E-state index contributed by atoms with van der Waals surface area (Å²) in [6.07, 6.45) is 1.48. The lowest BCUT2D eigenvalue weighted by atomic mass is 10.3. The molecule has 0 spiro atoms. The minimum absolute atomic E-state index is 0.323. The van der Waals surface area contributed by atoms with E-state index >= 15 is 0 Å². The van der Waals surface area contributed by atoms with Crippen molar-refractivity contribution >= 4 is 34.1 Å². The molecular weight excluding hydrogens is 296 g/mol. The van der Waals surface area contributed by atoms with Gasteiger partial charge in [-0.1, -0.05) is 0 Å². The van der Waals surface area contributed by atoms with Crippen molar-refractivity contribution in [1.82, 2.24) is 19.5 Å². The molecule has 3 aromatic rings. The number of hydrogen-bond acceptors (Lipinski definition) is 5. The number of alkyl halides is 1. The molecule has 0 radical (unpaired) electrons. The highest BCUT2D eigenvalue weighted by atomic mass is 35.5. The number of aromatic nitrogens is 4. The molecule has 20 heavy (non-hydrogen) atoms. The predicted octanol–water partition coefficient (Wildman–Crippen LogP) is 2.99. The van der Waals surface area contributed by atoms with Crippen LogP contribution in [-0.4, -0.2) is 26.6 Å². The summed E-state index contributed by atoms with van der Waals surface area (Å²) >= 11 is 7.73. The van der Waals surface area contributed by atoms with Gasteiger partial charge in [-0.05, 0) is 23.9 Å². The van der Waals surface area contributed by atoms with E-state index < -0.39 is 0 Å². The SMILES string of the molecule is COc1ncnc2c1nc(CCl)n2Cc1sccc1C. The van der Waals surface area contributed by atoms with Gasteiger partial charge in [0.2, 0.25) is 5.88 Å². The lowest BCUT2D eigenvalue weighted by molar-refractivity contribution is 0.401. The van der Waals surface area contributed by atoms with E-state index in [4.69, 9.17) is 16.3 Å². The lowest BCUT2D eigenvalue weighted by Gasteiger charge is -2.06. The van der Waals surface area contributed by atoms with E-state index in [1.54, 1.807) is 18.4 Å². The Hall–Kier alpha value is -1.66. The van der Waals surface area contributed by atoms with Crippen LogP contribution in [0.25, 0.3) is 11.2 Å². The topological polar surface area (TPSA) is 52.8 Å². The van der Waals surface area contributed by atoms with Crippen molar-refractivity contribution in [2.24, 2.45) is 0 Å². The van der Waals surface area contributed by atoms with Crippen LogP contribution < -0.4 is 4.74 Å². The average molecular weight is 309 g/mol. The largest absolute Gasteiger partial charge is 0.479 e. The van der Waals surface area contributed by atoms with E-state index in [1.807, 2.05) is 4.57 Å². The highest BCUT2D eigenvalue weighted by molar-refractivity contribution is 7.10. The van der Waals surface area contributed by atoms with Gasteiger partial charge < -0.3 is 9.30 Å². The first kappa shape index (κ1) is 13.3. The summed E-state index contributed by atoms with van der Waals surface area (Å²) in [4.78, 5) is 14.2. The molecule has 0 aliphatic carbocycles. The van der Waals surface area contributed by atoms with Crippen molar-refractivity contribution in [3.05, 3.63) is 34.0 Å². The Kier molecular flexibility index (Phi) is 3.58. The minimum atomic E-state index is 0.323. The Bertz CT molecular complexity index is 752. The summed E-state index contributed by atoms with van der Waals surface area (Å²) in [5, 5.41) is 2.08. The van der Waals surface area contributed by atoms with E-state index in [0.29, 0.717) is 23.8 Å². The number of fused-ring (bicyclic) bond motifs is 1. The van der Waals surface area contributed by atoms with Gasteiger partial charge in [0.15, 0.2) is 11.2 Å². The van der Waals surface area contributed by atoms with Crippen LogP contribution in [0.15, 0.2) is 17.8 Å². The Morgan fingerprint density at radius 1 is 1.40 bits per heavy atom. The van der Waals surface area contributed by atoms with Crippen molar-refractivity contribution in [2.45, 2.75) is 19.3 Å². The molecule has 5 nitrogen and oxygen atoms in total. The molecule has 3 aromatic heterocycles. The van der Waals surface area contributed by atoms with Gasteiger partial charge in [0.05, 0.1) is 19.5 Å².